The zero-order valence-corrected chi connectivity index (χ0v) is 26.2. The first-order valence-electron chi connectivity index (χ1n) is 13.8. The standard InChI is InChI=1S/C22H30N6O4S.C6H6O3S/c1-5-7-17-19-20(27(4)25-17)22(29)24-21(23-19)16-14-15(8-9-18(16)32-6-2)33(30,31)28-12-10-26(3)11-13-28;7-10(8,9)6-4-2-1-3-5-6/h8-9,14H,5-7,10-13H2,1-4H3,(H,23,24,29);1-5H,(H,7,8,9). The van der Waals surface area contributed by atoms with Gasteiger partial charge in [-0.2, -0.15) is 17.8 Å². The number of benzene rings is 2. The highest BCUT2D eigenvalue weighted by Crippen LogP contribution is 2.32. The minimum absolute atomic E-state index is 0.0741. The number of likely N-dealkylation sites (N-methyl/N-ethyl adjacent to an activating group) is 1. The number of aromatic amines is 1. The van der Waals surface area contributed by atoms with Crippen molar-refractivity contribution >= 4 is 31.2 Å². The SMILES string of the molecule is CCCc1nn(C)c2c(=O)[nH]c(-c3cc(S(=O)(=O)N4CCN(C)CC4)ccc3OCC)nc12.O=S(=O)(O)c1ccccc1. The molecule has 15 heteroatoms. The quantitative estimate of drug-likeness (QED) is 0.276. The van der Waals surface area contributed by atoms with E-state index in [1.807, 2.05) is 20.9 Å². The van der Waals surface area contributed by atoms with Gasteiger partial charge in [0.15, 0.2) is 5.52 Å². The van der Waals surface area contributed by atoms with E-state index in [1.165, 1.54) is 21.1 Å². The van der Waals surface area contributed by atoms with Crippen LogP contribution in [0.2, 0.25) is 0 Å². The van der Waals surface area contributed by atoms with E-state index in [4.69, 9.17) is 14.3 Å². The number of nitrogens with zero attached hydrogens (tertiary/aromatic N) is 5. The predicted molar refractivity (Wildman–Crippen MR) is 162 cm³/mol. The predicted octanol–water partition coefficient (Wildman–Crippen LogP) is 2.54. The lowest BCUT2D eigenvalue weighted by atomic mass is 10.1. The highest BCUT2D eigenvalue weighted by atomic mass is 32.2. The van der Waals surface area contributed by atoms with Crippen molar-refractivity contribution in [3.05, 3.63) is 64.6 Å². The van der Waals surface area contributed by atoms with Gasteiger partial charge in [0.25, 0.3) is 15.7 Å². The number of rotatable bonds is 8. The van der Waals surface area contributed by atoms with Gasteiger partial charge in [0.1, 0.15) is 17.1 Å². The first-order chi connectivity index (χ1) is 20.4. The number of ether oxygens (including phenoxy) is 1. The Kier molecular flexibility index (Phi) is 10.0. The van der Waals surface area contributed by atoms with Crippen LogP contribution < -0.4 is 10.3 Å². The average Bonchev–Trinajstić information content (AvgIpc) is 3.29. The summed E-state index contributed by atoms with van der Waals surface area (Å²) in [5.74, 6) is 0.718. The number of fused-ring (bicyclic) bond motifs is 1. The van der Waals surface area contributed by atoms with E-state index in [9.17, 15) is 21.6 Å². The minimum atomic E-state index is -4.00. The van der Waals surface area contributed by atoms with Crippen LogP contribution in [0.5, 0.6) is 5.75 Å². The van der Waals surface area contributed by atoms with Crippen LogP contribution >= 0.6 is 0 Å². The van der Waals surface area contributed by atoms with E-state index in [-0.39, 0.29) is 21.2 Å². The van der Waals surface area contributed by atoms with Crippen LogP contribution in [0.25, 0.3) is 22.4 Å². The molecule has 0 unspecified atom stereocenters. The Morgan fingerprint density at radius 2 is 1.63 bits per heavy atom. The van der Waals surface area contributed by atoms with Crippen molar-refractivity contribution in [3.63, 3.8) is 0 Å². The molecule has 1 saturated heterocycles. The van der Waals surface area contributed by atoms with Crippen LogP contribution in [0.15, 0.2) is 63.1 Å². The molecule has 0 amide bonds. The molecule has 0 saturated carbocycles. The molecule has 0 aliphatic carbocycles. The maximum absolute atomic E-state index is 13.3. The molecule has 13 nitrogen and oxygen atoms in total. The monoisotopic (exact) mass is 632 g/mol. The summed E-state index contributed by atoms with van der Waals surface area (Å²) in [5.41, 5.74) is 1.75. The maximum Gasteiger partial charge on any atom is 0.294 e. The highest BCUT2D eigenvalue weighted by molar-refractivity contribution is 7.89. The summed E-state index contributed by atoms with van der Waals surface area (Å²) in [6, 6.07) is 12.1. The third-order valence-electron chi connectivity index (χ3n) is 6.90. The molecule has 2 aromatic heterocycles. The van der Waals surface area contributed by atoms with E-state index in [1.54, 1.807) is 43.4 Å². The van der Waals surface area contributed by atoms with E-state index in [2.05, 4.69) is 15.0 Å². The van der Waals surface area contributed by atoms with Crippen LogP contribution in [0, 0.1) is 0 Å². The van der Waals surface area contributed by atoms with Crippen LogP contribution in [0.3, 0.4) is 0 Å². The molecule has 0 radical (unpaired) electrons. The largest absolute Gasteiger partial charge is 0.493 e. The average molecular weight is 633 g/mol. The number of hydrogen-bond acceptors (Lipinski definition) is 9. The molecular formula is C28H36N6O7S2. The maximum atomic E-state index is 13.3. The molecule has 3 heterocycles. The van der Waals surface area contributed by atoms with Gasteiger partial charge in [-0.05, 0) is 50.7 Å². The fourth-order valence-corrected chi connectivity index (χ4v) is 6.64. The van der Waals surface area contributed by atoms with Gasteiger partial charge in [-0.15, -0.1) is 0 Å². The molecule has 0 spiro atoms. The molecule has 1 aliphatic rings. The van der Waals surface area contributed by atoms with Crippen molar-refractivity contribution in [3.8, 4) is 17.1 Å². The number of nitrogens with one attached hydrogen (secondary N) is 1. The number of sulfonamides is 1. The van der Waals surface area contributed by atoms with Crippen molar-refractivity contribution in [2.45, 2.75) is 36.5 Å². The first kappa shape index (κ1) is 32.3. The van der Waals surface area contributed by atoms with Crippen LogP contribution in [-0.4, -0.2) is 90.2 Å². The third-order valence-corrected chi connectivity index (χ3v) is 9.66. The fourth-order valence-electron chi connectivity index (χ4n) is 4.69. The molecule has 232 valence electrons. The lowest BCUT2D eigenvalue weighted by molar-refractivity contribution is 0.222. The van der Waals surface area contributed by atoms with Crippen molar-refractivity contribution in [1.82, 2.24) is 29.0 Å². The van der Waals surface area contributed by atoms with Gasteiger partial charge in [-0.3, -0.25) is 14.0 Å². The Bertz CT molecular complexity index is 1850. The summed E-state index contributed by atoms with van der Waals surface area (Å²) in [6.45, 7) is 6.48. The minimum Gasteiger partial charge on any atom is -0.493 e. The molecule has 4 aromatic rings. The summed E-state index contributed by atoms with van der Waals surface area (Å²) in [4.78, 5) is 22.6. The second kappa shape index (κ2) is 13.3. The number of piperazine rings is 1. The van der Waals surface area contributed by atoms with Crippen molar-refractivity contribution in [2.75, 3.05) is 39.8 Å². The summed E-state index contributed by atoms with van der Waals surface area (Å²) in [6.07, 6.45) is 1.54. The smallest absolute Gasteiger partial charge is 0.294 e. The van der Waals surface area contributed by atoms with Gasteiger partial charge in [0.05, 0.1) is 27.7 Å². The summed E-state index contributed by atoms with van der Waals surface area (Å²) >= 11 is 0. The molecule has 0 atom stereocenters. The Balaban J connectivity index is 0.000000359. The normalized spacial score (nSPS) is 14.8. The van der Waals surface area contributed by atoms with Gasteiger partial charge < -0.3 is 14.6 Å². The molecule has 5 rings (SSSR count). The van der Waals surface area contributed by atoms with E-state index >= 15 is 0 Å². The zero-order valence-electron chi connectivity index (χ0n) is 24.5. The Morgan fingerprint density at radius 3 is 2.21 bits per heavy atom. The molecular weight excluding hydrogens is 596 g/mol. The molecule has 2 N–H and O–H groups in total. The lowest BCUT2D eigenvalue weighted by Gasteiger charge is -2.31. The second-order valence-electron chi connectivity index (χ2n) is 10.0. The number of aryl methyl sites for hydroxylation is 2. The highest BCUT2D eigenvalue weighted by Gasteiger charge is 2.29. The molecule has 2 aromatic carbocycles. The number of H-pyrrole nitrogens is 1. The third kappa shape index (κ3) is 7.30. The first-order valence-corrected chi connectivity index (χ1v) is 16.7. The van der Waals surface area contributed by atoms with E-state index < -0.39 is 20.1 Å². The summed E-state index contributed by atoms with van der Waals surface area (Å²) < 4.78 is 64.7. The van der Waals surface area contributed by atoms with Crippen LogP contribution in [0.4, 0.5) is 0 Å². The van der Waals surface area contributed by atoms with Gasteiger partial charge in [0.2, 0.25) is 10.0 Å². The Labute approximate surface area is 250 Å². The van der Waals surface area contributed by atoms with Gasteiger partial charge >= 0.3 is 0 Å². The van der Waals surface area contributed by atoms with E-state index in [0.717, 1.165) is 12.1 Å². The number of aromatic nitrogens is 4. The molecule has 1 fully saturated rings. The summed E-state index contributed by atoms with van der Waals surface area (Å²) in [7, 11) is -4.01. The Hall–Kier alpha value is -3.63. The van der Waals surface area contributed by atoms with Crippen molar-refractivity contribution < 1.29 is 26.1 Å². The number of hydrogen-bond donors (Lipinski definition) is 2. The van der Waals surface area contributed by atoms with Crippen LogP contribution in [0.1, 0.15) is 26.0 Å². The topological polar surface area (TPSA) is 168 Å². The van der Waals surface area contributed by atoms with Gasteiger partial charge in [0, 0.05) is 33.2 Å². The fraction of sp³-hybridized carbons (Fsp3) is 0.393. The lowest BCUT2D eigenvalue weighted by Crippen LogP contribution is -2.47. The van der Waals surface area contributed by atoms with Crippen molar-refractivity contribution in [2.24, 2.45) is 7.05 Å². The second-order valence-corrected chi connectivity index (χ2v) is 13.4. The van der Waals surface area contributed by atoms with Crippen LogP contribution in [-0.2, 0) is 33.6 Å². The Morgan fingerprint density at radius 1 is 0.953 bits per heavy atom. The summed E-state index contributed by atoms with van der Waals surface area (Å²) in [5, 5.41) is 4.45. The molecule has 0 bridgehead atoms. The van der Waals surface area contributed by atoms with Gasteiger partial charge in [-0.1, -0.05) is 31.5 Å². The molecule has 43 heavy (non-hydrogen) atoms. The van der Waals surface area contributed by atoms with Gasteiger partial charge in [-0.25, -0.2) is 13.4 Å². The molecule has 1 aliphatic heterocycles. The van der Waals surface area contributed by atoms with Crippen molar-refractivity contribution in [1.29, 1.82) is 0 Å². The zero-order chi connectivity index (χ0) is 31.4. The van der Waals surface area contributed by atoms with E-state index in [0.29, 0.717) is 61.6 Å².